The Kier molecular flexibility index (Phi) is 3.16. The van der Waals surface area contributed by atoms with Crippen LogP contribution in [-0.4, -0.2) is 19.5 Å². The van der Waals surface area contributed by atoms with Crippen molar-refractivity contribution in [1.29, 1.82) is 0 Å². The highest BCUT2D eigenvalue weighted by molar-refractivity contribution is 6.21. The number of furan rings is 1. The van der Waals surface area contributed by atoms with Gasteiger partial charge in [-0.05, 0) is 45.0 Å². The second-order valence-corrected chi connectivity index (χ2v) is 7.52. The molecule has 0 aliphatic carbocycles. The van der Waals surface area contributed by atoms with E-state index in [1.54, 1.807) is 0 Å². The summed E-state index contributed by atoms with van der Waals surface area (Å²) in [5.41, 5.74) is 5.00. The maximum Gasteiger partial charge on any atom is 0.238 e. The Hall–Kier alpha value is -3.73. The van der Waals surface area contributed by atoms with Crippen molar-refractivity contribution in [1.82, 2.24) is 19.5 Å². The number of aryl methyl sites for hydroxylation is 3. The van der Waals surface area contributed by atoms with Crippen molar-refractivity contribution in [2.75, 3.05) is 0 Å². The first-order chi connectivity index (χ1) is 14.1. The molecule has 0 radical (unpaired) electrons. The minimum Gasteiger partial charge on any atom is -0.454 e. The van der Waals surface area contributed by atoms with Gasteiger partial charge < -0.3 is 4.42 Å². The molecule has 3 aromatic heterocycles. The van der Waals surface area contributed by atoms with Gasteiger partial charge in [0.1, 0.15) is 22.7 Å². The normalized spacial score (nSPS) is 12.0. The zero-order valence-electron chi connectivity index (χ0n) is 16.4. The van der Waals surface area contributed by atoms with Gasteiger partial charge in [0, 0.05) is 21.5 Å². The molecule has 3 aromatic carbocycles. The molecule has 5 heteroatoms. The number of fused-ring (bicyclic) bond motifs is 7. The molecule has 29 heavy (non-hydrogen) atoms. The molecule has 0 spiro atoms. The Balaban J connectivity index is 1.88. The SMILES string of the molecule is Cc1ccc2oc3c(ccc4c5ccccc5n(-c5nc(C)nc(C)n5)c43)c2c1. The van der Waals surface area contributed by atoms with Gasteiger partial charge in [0.15, 0.2) is 5.58 Å². The van der Waals surface area contributed by atoms with Gasteiger partial charge in [-0.2, -0.15) is 9.97 Å². The highest BCUT2D eigenvalue weighted by Crippen LogP contribution is 2.39. The maximum absolute atomic E-state index is 6.38. The van der Waals surface area contributed by atoms with Gasteiger partial charge in [0.05, 0.1) is 5.52 Å². The van der Waals surface area contributed by atoms with Gasteiger partial charge in [0.2, 0.25) is 5.95 Å². The lowest BCUT2D eigenvalue weighted by Gasteiger charge is -2.07. The molecule has 3 heterocycles. The fourth-order valence-electron chi connectivity index (χ4n) is 4.30. The van der Waals surface area contributed by atoms with Crippen molar-refractivity contribution in [2.45, 2.75) is 20.8 Å². The van der Waals surface area contributed by atoms with Crippen molar-refractivity contribution >= 4 is 43.7 Å². The van der Waals surface area contributed by atoms with E-state index in [1.165, 1.54) is 5.56 Å². The van der Waals surface area contributed by atoms with Crippen molar-refractivity contribution < 1.29 is 4.42 Å². The predicted molar refractivity (Wildman–Crippen MR) is 116 cm³/mol. The van der Waals surface area contributed by atoms with Crippen LogP contribution in [0.15, 0.2) is 59.0 Å². The topological polar surface area (TPSA) is 56.7 Å². The highest BCUT2D eigenvalue weighted by atomic mass is 16.3. The largest absolute Gasteiger partial charge is 0.454 e. The molecule has 6 rings (SSSR count). The lowest BCUT2D eigenvalue weighted by atomic mass is 10.1. The van der Waals surface area contributed by atoms with Crippen LogP contribution in [0.2, 0.25) is 0 Å². The third-order valence-corrected chi connectivity index (χ3v) is 5.47. The summed E-state index contributed by atoms with van der Waals surface area (Å²) in [6, 6.07) is 19.0. The second kappa shape index (κ2) is 5.64. The third kappa shape index (κ3) is 2.24. The van der Waals surface area contributed by atoms with Crippen molar-refractivity contribution in [3.05, 3.63) is 71.8 Å². The van der Waals surface area contributed by atoms with Crippen LogP contribution in [0.1, 0.15) is 17.2 Å². The summed E-state index contributed by atoms with van der Waals surface area (Å²) in [4.78, 5) is 13.7. The van der Waals surface area contributed by atoms with Gasteiger partial charge in [-0.3, -0.25) is 4.57 Å². The number of aromatic nitrogens is 4. The molecule has 0 bridgehead atoms. The van der Waals surface area contributed by atoms with E-state index in [0.717, 1.165) is 43.7 Å². The molecule has 0 unspecified atom stereocenters. The summed E-state index contributed by atoms with van der Waals surface area (Å²) >= 11 is 0. The quantitative estimate of drug-likeness (QED) is 0.363. The summed E-state index contributed by atoms with van der Waals surface area (Å²) in [5, 5.41) is 4.50. The van der Waals surface area contributed by atoms with E-state index in [1.807, 2.05) is 26.0 Å². The molecule has 6 aromatic rings. The molecule has 0 aliphatic rings. The monoisotopic (exact) mass is 378 g/mol. The van der Waals surface area contributed by atoms with Crippen LogP contribution in [0.4, 0.5) is 0 Å². The summed E-state index contributed by atoms with van der Waals surface area (Å²) in [7, 11) is 0. The molecule has 140 valence electrons. The van der Waals surface area contributed by atoms with E-state index < -0.39 is 0 Å². The Morgan fingerprint density at radius 3 is 2.31 bits per heavy atom. The Morgan fingerprint density at radius 2 is 1.48 bits per heavy atom. The van der Waals surface area contributed by atoms with Crippen LogP contribution < -0.4 is 0 Å². The van der Waals surface area contributed by atoms with Crippen LogP contribution in [-0.2, 0) is 0 Å². The number of benzene rings is 3. The van der Waals surface area contributed by atoms with Crippen LogP contribution in [0.5, 0.6) is 0 Å². The number of nitrogens with zero attached hydrogens (tertiary/aromatic N) is 4. The zero-order valence-corrected chi connectivity index (χ0v) is 16.4. The number of rotatable bonds is 1. The van der Waals surface area contributed by atoms with Gasteiger partial charge in [-0.25, -0.2) is 4.98 Å². The number of hydrogen-bond donors (Lipinski definition) is 0. The first kappa shape index (κ1) is 16.2. The molecule has 5 nitrogen and oxygen atoms in total. The Labute approximate surface area is 166 Å². The Morgan fingerprint density at radius 1 is 0.724 bits per heavy atom. The van der Waals surface area contributed by atoms with Gasteiger partial charge in [-0.15, -0.1) is 0 Å². The molecule has 0 aliphatic heterocycles. The van der Waals surface area contributed by atoms with E-state index in [0.29, 0.717) is 17.6 Å². The van der Waals surface area contributed by atoms with Crippen molar-refractivity contribution in [3.8, 4) is 5.95 Å². The average Bonchev–Trinajstić information content (AvgIpc) is 3.22. The minimum absolute atomic E-state index is 0.616. The summed E-state index contributed by atoms with van der Waals surface area (Å²) in [6.07, 6.45) is 0. The lowest BCUT2D eigenvalue weighted by Crippen LogP contribution is -2.06. The molecule has 0 amide bonds. The summed E-state index contributed by atoms with van der Waals surface area (Å²) in [5.74, 6) is 2.02. The van der Waals surface area contributed by atoms with Crippen LogP contribution in [0, 0.1) is 20.8 Å². The van der Waals surface area contributed by atoms with E-state index in [2.05, 4.69) is 68.9 Å². The maximum atomic E-state index is 6.38. The predicted octanol–water partition coefficient (Wildman–Crippen LogP) is 5.79. The smallest absolute Gasteiger partial charge is 0.238 e. The molecule has 0 saturated carbocycles. The number of para-hydroxylation sites is 1. The summed E-state index contributed by atoms with van der Waals surface area (Å²) < 4.78 is 8.48. The van der Waals surface area contributed by atoms with Crippen LogP contribution in [0.25, 0.3) is 49.7 Å². The van der Waals surface area contributed by atoms with Crippen molar-refractivity contribution in [2.24, 2.45) is 0 Å². The average molecular weight is 378 g/mol. The molecular weight excluding hydrogens is 360 g/mol. The van der Waals surface area contributed by atoms with E-state index in [9.17, 15) is 0 Å². The summed E-state index contributed by atoms with van der Waals surface area (Å²) in [6.45, 7) is 5.89. The molecule has 0 atom stereocenters. The van der Waals surface area contributed by atoms with Crippen molar-refractivity contribution in [3.63, 3.8) is 0 Å². The second-order valence-electron chi connectivity index (χ2n) is 7.52. The van der Waals surface area contributed by atoms with E-state index in [-0.39, 0.29) is 0 Å². The fraction of sp³-hybridized carbons (Fsp3) is 0.125. The van der Waals surface area contributed by atoms with Crippen LogP contribution in [0.3, 0.4) is 0 Å². The van der Waals surface area contributed by atoms with Gasteiger partial charge >= 0.3 is 0 Å². The lowest BCUT2D eigenvalue weighted by molar-refractivity contribution is 0.670. The highest BCUT2D eigenvalue weighted by Gasteiger charge is 2.20. The van der Waals surface area contributed by atoms with Gasteiger partial charge in [-0.1, -0.05) is 35.9 Å². The Bertz CT molecular complexity index is 1570. The molecular formula is C24H18N4O. The zero-order chi connectivity index (χ0) is 19.7. The first-order valence-corrected chi connectivity index (χ1v) is 9.65. The fourth-order valence-corrected chi connectivity index (χ4v) is 4.30. The molecule has 0 N–H and O–H groups in total. The number of hydrogen-bond acceptors (Lipinski definition) is 4. The minimum atomic E-state index is 0.616. The standard InChI is InChI=1S/C24H18N4O/c1-13-8-11-21-19(12-13)18-10-9-17-16-6-4-5-7-20(16)28(22(17)23(18)29-21)24-26-14(2)25-15(3)27-24/h4-12H,1-3H3. The molecule has 0 saturated heterocycles. The van der Waals surface area contributed by atoms with E-state index in [4.69, 9.17) is 4.42 Å². The van der Waals surface area contributed by atoms with Gasteiger partial charge in [0.25, 0.3) is 0 Å². The third-order valence-electron chi connectivity index (χ3n) is 5.47. The van der Waals surface area contributed by atoms with E-state index >= 15 is 0 Å². The first-order valence-electron chi connectivity index (χ1n) is 9.65. The van der Waals surface area contributed by atoms with Crippen LogP contribution >= 0.6 is 0 Å². The molecule has 0 fully saturated rings.